The Morgan fingerprint density at radius 1 is 0.808 bits per heavy atom. The van der Waals surface area contributed by atoms with Gasteiger partial charge in [-0.1, -0.05) is 114 Å². The molecule has 2 N–H and O–H groups in total. The van der Waals surface area contributed by atoms with E-state index in [9.17, 15) is 9.90 Å². The van der Waals surface area contributed by atoms with Crippen molar-refractivity contribution in [2.45, 2.75) is 96.5 Å². The molecular weight excluding hydrogens is 322 g/mol. The number of benzene rings is 1. The van der Waals surface area contributed by atoms with E-state index in [0.717, 1.165) is 12.8 Å². The van der Waals surface area contributed by atoms with Gasteiger partial charge in [0.25, 0.3) is 5.91 Å². The van der Waals surface area contributed by atoms with Crippen LogP contribution in [0.4, 0.5) is 0 Å². The Bertz CT molecular complexity index is 447. The largest absolute Gasteiger partial charge is 0.378 e. The van der Waals surface area contributed by atoms with Crippen LogP contribution in [0.25, 0.3) is 0 Å². The molecule has 0 saturated carbocycles. The molecule has 0 spiro atoms. The second-order valence-electron chi connectivity index (χ2n) is 7.35. The lowest BCUT2D eigenvalue weighted by molar-refractivity contribution is -0.129. The molecule has 0 unspecified atom stereocenters. The summed E-state index contributed by atoms with van der Waals surface area (Å²) >= 11 is 0. The molecule has 0 heterocycles. The molecule has 1 rings (SSSR count). The number of amides is 1. The third kappa shape index (κ3) is 11.3. The number of rotatable bonds is 16. The molecule has 0 saturated heterocycles. The highest BCUT2D eigenvalue weighted by atomic mass is 16.3. The number of carbonyl (C=O) groups excluding carboxylic acids is 1. The predicted octanol–water partition coefficient (Wildman–Crippen LogP) is 5.93. The fraction of sp³-hybridized carbons (Fsp3) is 0.696. The van der Waals surface area contributed by atoms with Crippen LogP contribution in [0.1, 0.15) is 102 Å². The fourth-order valence-corrected chi connectivity index (χ4v) is 3.24. The van der Waals surface area contributed by atoms with Crippen LogP contribution in [0, 0.1) is 0 Å². The van der Waals surface area contributed by atoms with Crippen molar-refractivity contribution < 1.29 is 9.90 Å². The lowest BCUT2D eigenvalue weighted by Crippen LogP contribution is -2.30. The average Bonchev–Trinajstić information content (AvgIpc) is 2.68. The SMILES string of the molecule is CCCCCCCCCCCCCCCNC(=O)[C@H](O)c1ccccc1. The monoisotopic (exact) mass is 361 g/mol. The van der Waals surface area contributed by atoms with E-state index in [4.69, 9.17) is 0 Å². The minimum Gasteiger partial charge on any atom is -0.378 e. The molecule has 0 fully saturated rings. The standard InChI is InChI=1S/C23H39NO2/c1-2-3-4-5-6-7-8-9-10-11-12-13-17-20-24-23(26)22(25)21-18-15-14-16-19-21/h14-16,18-19,22,25H,2-13,17,20H2,1H3,(H,24,26)/t22-/m1/s1. The fourth-order valence-electron chi connectivity index (χ4n) is 3.24. The van der Waals surface area contributed by atoms with E-state index >= 15 is 0 Å². The first kappa shape index (κ1) is 22.7. The Hall–Kier alpha value is -1.35. The highest BCUT2D eigenvalue weighted by molar-refractivity contribution is 5.81. The number of hydrogen-bond acceptors (Lipinski definition) is 2. The van der Waals surface area contributed by atoms with E-state index in [2.05, 4.69) is 12.2 Å². The molecule has 148 valence electrons. The summed E-state index contributed by atoms with van der Waals surface area (Å²) in [4.78, 5) is 11.9. The summed E-state index contributed by atoms with van der Waals surface area (Å²) in [5.41, 5.74) is 0.648. The number of carbonyl (C=O) groups is 1. The minimum atomic E-state index is -1.06. The Morgan fingerprint density at radius 3 is 1.77 bits per heavy atom. The van der Waals surface area contributed by atoms with Gasteiger partial charge in [0.2, 0.25) is 0 Å². The zero-order valence-corrected chi connectivity index (χ0v) is 16.7. The van der Waals surface area contributed by atoms with Gasteiger partial charge in [0.1, 0.15) is 0 Å². The van der Waals surface area contributed by atoms with E-state index in [1.165, 1.54) is 70.6 Å². The molecule has 1 amide bonds. The number of unbranched alkanes of at least 4 members (excludes halogenated alkanes) is 12. The Balaban J connectivity index is 1.87. The lowest BCUT2D eigenvalue weighted by Gasteiger charge is -2.11. The Morgan fingerprint density at radius 2 is 1.27 bits per heavy atom. The maximum atomic E-state index is 11.9. The van der Waals surface area contributed by atoms with Crippen molar-refractivity contribution in [1.29, 1.82) is 0 Å². The van der Waals surface area contributed by atoms with E-state index in [0.29, 0.717) is 12.1 Å². The maximum Gasteiger partial charge on any atom is 0.253 e. The first-order chi connectivity index (χ1) is 12.8. The predicted molar refractivity (Wildman–Crippen MR) is 110 cm³/mol. The van der Waals surface area contributed by atoms with Gasteiger partial charge >= 0.3 is 0 Å². The molecule has 0 aliphatic rings. The molecule has 3 nitrogen and oxygen atoms in total. The highest BCUT2D eigenvalue weighted by Gasteiger charge is 2.15. The Labute approximate surface area is 160 Å². The third-order valence-corrected chi connectivity index (χ3v) is 4.94. The van der Waals surface area contributed by atoms with E-state index in [1.54, 1.807) is 12.1 Å². The van der Waals surface area contributed by atoms with E-state index < -0.39 is 6.10 Å². The zero-order valence-electron chi connectivity index (χ0n) is 16.7. The van der Waals surface area contributed by atoms with Crippen molar-refractivity contribution in [2.24, 2.45) is 0 Å². The van der Waals surface area contributed by atoms with Crippen molar-refractivity contribution in [2.75, 3.05) is 6.54 Å². The molecule has 1 aromatic rings. The average molecular weight is 362 g/mol. The van der Waals surface area contributed by atoms with Gasteiger partial charge in [0.05, 0.1) is 0 Å². The van der Waals surface area contributed by atoms with Gasteiger partial charge in [-0.2, -0.15) is 0 Å². The molecule has 0 aliphatic carbocycles. The molecule has 1 atom stereocenters. The topological polar surface area (TPSA) is 49.3 Å². The normalized spacial score (nSPS) is 12.1. The summed E-state index contributed by atoms with van der Waals surface area (Å²) in [5.74, 6) is -0.296. The molecule has 1 aromatic carbocycles. The van der Waals surface area contributed by atoms with Crippen LogP contribution in [0.15, 0.2) is 30.3 Å². The van der Waals surface area contributed by atoms with Gasteiger partial charge in [0.15, 0.2) is 6.10 Å². The van der Waals surface area contributed by atoms with Crippen molar-refractivity contribution in [3.8, 4) is 0 Å². The van der Waals surface area contributed by atoms with Crippen molar-refractivity contribution in [1.82, 2.24) is 5.32 Å². The molecule has 0 aromatic heterocycles. The Kier molecular flexibility index (Phi) is 13.8. The van der Waals surface area contributed by atoms with Gasteiger partial charge in [-0.05, 0) is 12.0 Å². The molecule has 0 bridgehead atoms. The summed E-state index contributed by atoms with van der Waals surface area (Å²) < 4.78 is 0. The van der Waals surface area contributed by atoms with E-state index in [-0.39, 0.29) is 5.91 Å². The number of aliphatic hydroxyl groups is 1. The summed E-state index contributed by atoms with van der Waals surface area (Å²) in [7, 11) is 0. The lowest BCUT2D eigenvalue weighted by atomic mass is 10.0. The summed E-state index contributed by atoms with van der Waals surface area (Å²) in [5, 5.41) is 12.8. The van der Waals surface area contributed by atoms with Crippen LogP contribution >= 0.6 is 0 Å². The number of aliphatic hydroxyl groups excluding tert-OH is 1. The van der Waals surface area contributed by atoms with Gasteiger partial charge in [-0.15, -0.1) is 0 Å². The van der Waals surface area contributed by atoms with Crippen LogP contribution in [-0.2, 0) is 4.79 Å². The van der Waals surface area contributed by atoms with Crippen LogP contribution in [0.2, 0.25) is 0 Å². The molecule has 0 radical (unpaired) electrons. The molecule has 0 aliphatic heterocycles. The number of hydrogen-bond donors (Lipinski definition) is 2. The number of nitrogens with one attached hydrogen (secondary N) is 1. The molecular formula is C23H39NO2. The maximum absolute atomic E-state index is 11.9. The molecule has 3 heteroatoms. The van der Waals surface area contributed by atoms with Crippen LogP contribution in [0.5, 0.6) is 0 Å². The van der Waals surface area contributed by atoms with Crippen molar-refractivity contribution >= 4 is 5.91 Å². The second-order valence-corrected chi connectivity index (χ2v) is 7.35. The first-order valence-corrected chi connectivity index (χ1v) is 10.8. The van der Waals surface area contributed by atoms with Crippen molar-refractivity contribution in [3.63, 3.8) is 0 Å². The van der Waals surface area contributed by atoms with Crippen LogP contribution in [-0.4, -0.2) is 17.6 Å². The summed E-state index contributed by atoms with van der Waals surface area (Å²) in [6, 6.07) is 9.09. The summed E-state index contributed by atoms with van der Waals surface area (Å²) in [6.45, 7) is 2.92. The van der Waals surface area contributed by atoms with Gasteiger partial charge in [-0.25, -0.2) is 0 Å². The zero-order chi connectivity index (χ0) is 18.9. The quantitative estimate of drug-likeness (QED) is 0.359. The third-order valence-electron chi connectivity index (χ3n) is 4.94. The van der Waals surface area contributed by atoms with Gasteiger partial charge < -0.3 is 10.4 Å². The van der Waals surface area contributed by atoms with Crippen LogP contribution in [0.3, 0.4) is 0 Å². The molecule has 26 heavy (non-hydrogen) atoms. The summed E-state index contributed by atoms with van der Waals surface area (Å²) in [6.07, 6.45) is 16.1. The van der Waals surface area contributed by atoms with Crippen molar-refractivity contribution in [3.05, 3.63) is 35.9 Å². The highest BCUT2D eigenvalue weighted by Crippen LogP contribution is 2.13. The second kappa shape index (κ2) is 15.9. The smallest absolute Gasteiger partial charge is 0.253 e. The van der Waals surface area contributed by atoms with Gasteiger partial charge in [-0.3, -0.25) is 4.79 Å². The minimum absolute atomic E-state index is 0.296. The van der Waals surface area contributed by atoms with E-state index in [1.807, 2.05) is 18.2 Å². The van der Waals surface area contributed by atoms with Gasteiger partial charge in [0, 0.05) is 6.54 Å². The van der Waals surface area contributed by atoms with Crippen LogP contribution < -0.4 is 5.32 Å². The first-order valence-electron chi connectivity index (χ1n) is 10.8.